The van der Waals surface area contributed by atoms with E-state index in [4.69, 9.17) is 15.2 Å². The summed E-state index contributed by atoms with van der Waals surface area (Å²) in [6, 6.07) is 22.3. The molecule has 5 nitrogen and oxygen atoms in total. The summed E-state index contributed by atoms with van der Waals surface area (Å²) in [6.07, 6.45) is 2.01. The number of carbonyl (C=O) groups excluding carboxylic acids is 1. The standard InChI is InChI=1S/C24H17BrN2O3S/c1-31-16-9-6-14(7-10-16)22-18-11-8-15(12-21(18)30-23(27)19(22)13-26)29-24(28)17-4-2-3-5-20(17)25/h2-12,22H,27H2,1H3. The SMILES string of the molecule is CSc1ccc(C2C(C#N)=C(N)Oc3cc(OC(=O)c4ccccc4Br)ccc32)cc1. The van der Waals surface area contributed by atoms with Crippen molar-refractivity contribution in [2.75, 3.05) is 6.26 Å². The zero-order chi connectivity index (χ0) is 22.0. The van der Waals surface area contributed by atoms with Gasteiger partial charge in [-0.05, 0) is 58.1 Å². The quantitative estimate of drug-likeness (QED) is 0.289. The van der Waals surface area contributed by atoms with Gasteiger partial charge < -0.3 is 15.2 Å². The summed E-state index contributed by atoms with van der Waals surface area (Å²) >= 11 is 5.00. The molecule has 0 amide bonds. The Hall–Kier alpha value is -3.21. The van der Waals surface area contributed by atoms with Crippen molar-refractivity contribution in [1.82, 2.24) is 0 Å². The minimum absolute atomic E-state index is 0.0447. The molecule has 1 atom stereocenters. The number of benzene rings is 3. The third-order valence-electron chi connectivity index (χ3n) is 4.94. The summed E-state index contributed by atoms with van der Waals surface area (Å²) in [6.45, 7) is 0. The normalized spacial score (nSPS) is 14.9. The first kappa shape index (κ1) is 21.0. The van der Waals surface area contributed by atoms with Gasteiger partial charge in [0, 0.05) is 21.0 Å². The van der Waals surface area contributed by atoms with E-state index in [1.807, 2.05) is 36.6 Å². The summed E-state index contributed by atoms with van der Waals surface area (Å²) in [5.41, 5.74) is 8.54. The van der Waals surface area contributed by atoms with Crippen LogP contribution in [0.25, 0.3) is 0 Å². The number of rotatable bonds is 4. The highest BCUT2D eigenvalue weighted by molar-refractivity contribution is 9.10. The monoisotopic (exact) mass is 492 g/mol. The molecule has 2 N–H and O–H groups in total. The van der Waals surface area contributed by atoms with Gasteiger partial charge in [0.15, 0.2) is 0 Å². The molecule has 0 aromatic heterocycles. The van der Waals surface area contributed by atoms with Crippen LogP contribution in [0.2, 0.25) is 0 Å². The lowest BCUT2D eigenvalue weighted by atomic mass is 9.83. The third kappa shape index (κ3) is 4.18. The summed E-state index contributed by atoms with van der Waals surface area (Å²) < 4.78 is 11.9. The Labute approximate surface area is 192 Å². The van der Waals surface area contributed by atoms with Gasteiger partial charge in [-0.3, -0.25) is 0 Å². The Morgan fingerprint density at radius 3 is 2.58 bits per heavy atom. The van der Waals surface area contributed by atoms with E-state index in [9.17, 15) is 10.1 Å². The number of nitrogens with zero attached hydrogens (tertiary/aromatic N) is 1. The number of halogens is 1. The van der Waals surface area contributed by atoms with Crippen LogP contribution in [-0.2, 0) is 0 Å². The lowest BCUT2D eigenvalue weighted by Gasteiger charge is -2.26. The molecular formula is C24H17BrN2O3S. The molecule has 1 heterocycles. The van der Waals surface area contributed by atoms with Crippen LogP contribution in [0.4, 0.5) is 0 Å². The second-order valence-corrected chi connectivity index (χ2v) is 8.50. The first-order chi connectivity index (χ1) is 15.0. The van der Waals surface area contributed by atoms with Gasteiger partial charge in [0.2, 0.25) is 5.88 Å². The Morgan fingerprint density at radius 1 is 1.16 bits per heavy atom. The average Bonchev–Trinajstić information content (AvgIpc) is 2.78. The molecule has 0 radical (unpaired) electrons. The number of carbonyl (C=O) groups is 1. The summed E-state index contributed by atoms with van der Waals surface area (Å²) in [4.78, 5) is 13.7. The Morgan fingerprint density at radius 2 is 1.90 bits per heavy atom. The average molecular weight is 493 g/mol. The van der Waals surface area contributed by atoms with Crippen molar-refractivity contribution in [3.8, 4) is 17.6 Å². The van der Waals surface area contributed by atoms with Crippen LogP contribution >= 0.6 is 27.7 Å². The summed E-state index contributed by atoms with van der Waals surface area (Å²) in [5, 5.41) is 9.70. The van der Waals surface area contributed by atoms with Gasteiger partial charge in [0.25, 0.3) is 0 Å². The first-order valence-electron chi connectivity index (χ1n) is 9.34. The molecule has 1 aliphatic heterocycles. The van der Waals surface area contributed by atoms with Gasteiger partial charge in [-0.25, -0.2) is 4.79 Å². The van der Waals surface area contributed by atoms with E-state index in [1.165, 1.54) is 0 Å². The number of allylic oxidation sites excluding steroid dienone is 1. The maximum absolute atomic E-state index is 12.5. The smallest absolute Gasteiger partial charge is 0.344 e. The van der Waals surface area contributed by atoms with E-state index < -0.39 is 5.97 Å². The van der Waals surface area contributed by atoms with Crippen molar-refractivity contribution >= 4 is 33.7 Å². The van der Waals surface area contributed by atoms with Crippen molar-refractivity contribution in [3.05, 3.63) is 99.3 Å². The molecule has 0 spiro atoms. The largest absolute Gasteiger partial charge is 0.440 e. The van der Waals surface area contributed by atoms with E-state index in [0.29, 0.717) is 27.1 Å². The Bertz CT molecular complexity index is 1230. The molecule has 31 heavy (non-hydrogen) atoms. The molecule has 3 aromatic rings. The van der Waals surface area contributed by atoms with Crippen LogP contribution in [0.3, 0.4) is 0 Å². The minimum Gasteiger partial charge on any atom is -0.440 e. The highest BCUT2D eigenvalue weighted by atomic mass is 79.9. The van der Waals surface area contributed by atoms with Gasteiger partial charge in [-0.1, -0.05) is 30.3 Å². The zero-order valence-corrected chi connectivity index (χ0v) is 18.9. The summed E-state index contributed by atoms with van der Waals surface area (Å²) in [7, 11) is 0. The van der Waals surface area contributed by atoms with Gasteiger partial charge in [-0.2, -0.15) is 5.26 Å². The van der Waals surface area contributed by atoms with Crippen LogP contribution in [-0.4, -0.2) is 12.2 Å². The fourth-order valence-corrected chi connectivity index (χ4v) is 4.28. The van der Waals surface area contributed by atoms with Crippen molar-refractivity contribution in [2.24, 2.45) is 5.73 Å². The predicted molar refractivity (Wildman–Crippen MR) is 123 cm³/mol. The summed E-state index contributed by atoms with van der Waals surface area (Å²) in [5.74, 6) is -0.0355. The number of nitriles is 1. The van der Waals surface area contributed by atoms with Crippen LogP contribution in [0, 0.1) is 11.3 Å². The molecule has 154 valence electrons. The number of thioether (sulfide) groups is 1. The second kappa shape index (κ2) is 8.88. The highest BCUT2D eigenvalue weighted by Crippen LogP contribution is 2.43. The zero-order valence-electron chi connectivity index (χ0n) is 16.5. The number of esters is 1. The van der Waals surface area contributed by atoms with Gasteiger partial charge in [0.1, 0.15) is 23.1 Å². The third-order valence-corrected chi connectivity index (χ3v) is 6.38. The van der Waals surface area contributed by atoms with Crippen molar-refractivity contribution in [1.29, 1.82) is 5.26 Å². The van der Waals surface area contributed by atoms with Gasteiger partial charge in [-0.15, -0.1) is 11.8 Å². The predicted octanol–water partition coefficient (Wildman–Crippen LogP) is 5.61. The van der Waals surface area contributed by atoms with E-state index in [2.05, 4.69) is 22.0 Å². The number of ether oxygens (including phenoxy) is 2. The maximum atomic E-state index is 12.5. The molecule has 0 saturated carbocycles. The molecular weight excluding hydrogens is 476 g/mol. The second-order valence-electron chi connectivity index (χ2n) is 6.77. The number of fused-ring (bicyclic) bond motifs is 1. The van der Waals surface area contributed by atoms with Crippen LogP contribution in [0.15, 0.2) is 87.6 Å². The molecule has 0 aliphatic carbocycles. The molecule has 0 bridgehead atoms. The molecule has 0 saturated heterocycles. The molecule has 1 unspecified atom stereocenters. The molecule has 4 rings (SSSR count). The molecule has 3 aromatic carbocycles. The van der Waals surface area contributed by atoms with E-state index in [1.54, 1.807) is 48.2 Å². The van der Waals surface area contributed by atoms with Crippen LogP contribution in [0.1, 0.15) is 27.4 Å². The highest BCUT2D eigenvalue weighted by Gasteiger charge is 2.31. The molecule has 0 fully saturated rings. The lowest BCUT2D eigenvalue weighted by Crippen LogP contribution is -2.21. The number of hydrogen-bond acceptors (Lipinski definition) is 6. The van der Waals surface area contributed by atoms with Crippen molar-refractivity contribution in [2.45, 2.75) is 10.8 Å². The lowest BCUT2D eigenvalue weighted by molar-refractivity contribution is 0.0733. The molecule has 1 aliphatic rings. The van der Waals surface area contributed by atoms with Gasteiger partial charge >= 0.3 is 5.97 Å². The topological polar surface area (TPSA) is 85.3 Å². The minimum atomic E-state index is -0.492. The fraction of sp³-hybridized carbons (Fsp3) is 0.0833. The molecule has 7 heteroatoms. The first-order valence-corrected chi connectivity index (χ1v) is 11.4. The number of nitrogens with two attached hydrogens (primary N) is 1. The Balaban J connectivity index is 1.69. The van der Waals surface area contributed by atoms with E-state index in [0.717, 1.165) is 16.0 Å². The van der Waals surface area contributed by atoms with Gasteiger partial charge in [0.05, 0.1) is 11.5 Å². The van der Waals surface area contributed by atoms with E-state index >= 15 is 0 Å². The Kier molecular flexibility index (Phi) is 6.03. The van der Waals surface area contributed by atoms with Crippen molar-refractivity contribution in [3.63, 3.8) is 0 Å². The van der Waals surface area contributed by atoms with E-state index in [-0.39, 0.29) is 11.8 Å². The van der Waals surface area contributed by atoms with Crippen LogP contribution in [0.5, 0.6) is 11.5 Å². The number of hydrogen-bond donors (Lipinski definition) is 1. The fourth-order valence-electron chi connectivity index (χ4n) is 3.43. The van der Waals surface area contributed by atoms with Crippen molar-refractivity contribution < 1.29 is 14.3 Å². The van der Waals surface area contributed by atoms with Crippen LogP contribution < -0.4 is 15.2 Å². The maximum Gasteiger partial charge on any atom is 0.344 e.